The summed E-state index contributed by atoms with van der Waals surface area (Å²) in [6, 6.07) is 14.0. The van der Waals surface area contributed by atoms with E-state index in [1.54, 1.807) is 0 Å². The van der Waals surface area contributed by atoms with Gasteiger partial charge < -0.3 is 20.2 Å². The van der Waals surface area contributed by atoms with Crippen LogP contribution in [0.5, 0.6) is 0 Å². The number of rotatable bonds is 5. The Labute approximate surface area is 253 Å². The van der Waals surface area contributed by atoms with Crippen LogP contribution in [0.1, 0.15) is 48.9 Å². The van der Waals surface area contributed by atoms with Gasteiger partial charge in [-0.2, -0.15) is 0 Å². The summed E-state index contributed by atoms with van der Waals surface area (Å²) >= 11 is 0. The fourth-order valence-electron chi connectivity index (χ4n) is 8.72. The average Bonchev–Trinajstić information content (AvgIpc) is 3.60. The van der Waals surface area contributed by atoms with Crippen LogP contribution in [-0.4, -0.2) is 88.1 Å². The first-order chi connectivity index (χ1) is 20.9. The minimum absolute atomic E-state index is 0.0298. The lowest BCUT2D eigenvalue weighted by Gasteiger charge is -2.45. The molecule has 4 aromatic rings. The fourth-order valence-corrected chi connectivity index (χ4v) is 8.72. The minimum Gasteiger partial charge on any atom is -0.361 e. The highest BCUT2D eigenvalue weighted by Crippen LogP contribution is 2.43. The lowest BCUT2D eigenvalue weighted by Crippen LogP contribution is -2.57. The highest BCUT2D eigenvalue weighted by atomic mass is 16.2. The number of likely N-dealkylation sites (N-methyl/N-ethyl adjacent to an activating group) is 2. The van der Waals surface area contributed by atoms with Crippen molar-refractivity contribution in [2.45, 2.75) is 63.7 Å². The van der Waals surface area contributed by atoms with E-state index in [2.05, 4.69) is 114 Å². The van der Waals surface area contributed by atoms with Gasteiger partial charge in [0.1, 0.15) is 0 Å². The van der Waals surface area contributed by atoms with Crippen molar-refractivity contribution in [3.05, 3.63) is 88.8 Å². The first-order valence-electron chi connectivity index (χ1n) is 16.0. The number of amides is 2. The van der Waals surface area contributed by atoms with Crippen molar-refractivity contribution in [1.82, 2.24) is 30.0 Å². The summed E-state index contributed by atoms with van der Waals surface area (Å²) in [5.74, 6) is 0.384. The molecular formula is C36H42N6O. The Morgan fingerprint density at radius 1 is 1.05 bits per heavy atom. The van der Waals surface area contributed by atoms with E-state index in [0.717, 1.165) is 32.5 Å². The molecule has 0 saturated heterocycles. The summed E-state index contributed by atoms with van der Waals surface area (Å²) < 4.78 is 0. The van der Waals surface area contributed by atoms with E-state index in [-0.39, 0.29) is 18.1 Å². The number of nitrogens with zero attached hydrogens (tertiary/aromatic N) is 3. The van der Waals surface area contributed by atoms with E-state index in [0.29, 0.717) is 24.5 Å². The molecule has 2 aromatic heterocycles. The summed E-state index contributed by atoms with van der Waals surface area (Å²) in [5.41, 5.74) is 10.7. The van der Waals surface area contributed by atoms with Gasteiger partial charge in [0.25, 0.3) is 0 Å². The van der Waals surface area contributed by atoms with Gasteiger partial charge in [0.15, 0.2) is 0 Å². The Morgan fingerprint density at radius 3 is 2.58 bits per heavy atom. The molecule has 4 heterocycles. The molecule has 2 aliphatic carbocycles. The molecule has 0 bridgehead atoms. The number of nitrogens with one attached hydrogen (secondary N) is 3. The molecule has 2 aliphatic heterocycles. The number of aromatic amines is 2. The molecule has 7 heteroatoms. The number of aromatic nitrogens is 2. The molecule has 0 radical (unpaired) electrons. The molecule has 8 rings (SSSR count). The first kappa shape index (κ1) is 26.8. The van der Waals surface area contributed by atoms with Crippen molar-refractivity contribution in [2.24, 2.45) is 0 Å². The van der Waals surface area contributed by atoms with Gasteiger partial charge >= 0.3 is 6.03 Å². The highest BCUT2D eigenvalue weighted by molar-refractivity contribution is 5.98. The number of carbonyl (C=O) groups excluding carboxylic acids is 1. The van der Waals surface area contributed by atoms with Crippen molar-refractivity contribution in [3.8, 4) is 0 Å². The van der Waals surface area contributed by atoms with Crippen LogP contribution >= 0.6 is 0 Å². The van der Waals surface area contributed by atoms with Gasteiger partial charge in [0.2, 0.25) is 0 Å². The van der Waals surface area contributed by atoms with Crippen LogP contribution in [0.4, 0.5) is 4.79 Å². The third-order valence-corrected chi connectivity index (χ3v) is 10.6. The van der Waals surface area contributed by atoms with E-state index >= 15 is 0 Å². The highest BCUT2D eigenvalue weighted by Gasteiger charge is 2.38. The third-order valence-electron chi connectivity index (χ3n) is 10.6. The van der Waals surface area contributed by atoms with E-state index in [9.17, 15) is 4.79 Å². The largest absolute Gasteiger partial charge is 0.361 e. The molecule has 222 valence electrons. The monoisotopic (exact) mass is 574 g/mol. The number of hydrogen-bond acceptors (Lipinski definition) is 3. The van der Waals surface area contributed by atoms with E-state index < -0.39 is 0 Å². The average molecular weight is 575 g/mol. The van der Waals surface area contributed by atoms with Crippen LogP contribution < -0.4 is 5.32 Å². The van der Waals surface area contributed by atoms with Gasteiger partial charge in [-0.15, -0.1) is 0 Å². The number of carbonyl (C=O) groups is 1. The number of hydrogen-bond donors (Lipinski definition) is 3. The zero-order valence-corrected chi connectivity index (χ0v) is 25.7. The van der Waals surface area contributed by atoms with E-state index in [1.165, 1.54) is 55.2 Å². The van der Waals surface area contributed by atoms with Gasteiger partial charge in [0.05, 0.1) is 6.04 Å². The number of H-pyrrole nitrogens is 2. The van der Waals surface area contributed by atoms with Crippen LogP contribution in [0.25, 0.3) is 27.4 Å². The quantitative estimate of drug-likeness (QED) is 0.270. The molecular weight excluding hydrogens is 532 g/mol. The Balaban J connectivity index is 1.01. The molecule has 3 N–H and O–H groups in total. The molecule has 5 atom stereocenters. The fraction of sp³-hybridized carbons (Fsp3) is 0.417. The predicted octanol–water partition coefficient (Wildman–Crippen LogP) is 5.66. The zero-order valence-electron chi connectivity index (χ0n) is 25.7. The summed E-state index contributed by atoms with van der Waals surface area (Å²) in [4.78, 5) is 27.9. The van der Waals surface area contributed by atoms with Crippen molar-refractivity contribution in [1.29, 1.82) is 0 Å². The maximum absolute atomic E-state index is 13.9. The summed E-state index contributed by atoms with van der Waals surface area (Å²) in [7, 11) is 2.19. The lowest BCUT2D eigenvalue weighted by atomic mass is 9.76. The van der Waals surface area contributed by atoms with E-state index in [1.807, 2.05) is 4.90 Å². The van der Waals surface area contributed by atoms with Crippen LogP contribution in [0.2, 0.25) is 0 Å². The first-order valence-corrected chi connectivity index (χ1v) is 16.0. The molecule has 7 nitrogen and oxygen atoms in total. The smallest absolute Gasteiger partial charge is 0.318 e. The van der Waals surface area contributed by atoms with Gasteiger partial charge in [-0.05, 0) is 80.6 Å². The topological polar surface area (TPSA) is 70.4 Å². The van der Waals surface area contributed by atoms with Gasteiger partial charge in [-0.1, -0.05) is 42.0 Å². The van der Waals surface area contributed by atoms with Crippen molar-refractivity contribution >= 4 is 33.4 Å². The molecule has 0 saturated carbocycles. The van der Waals surface area contributed by atoms with E-state index in [4.69, 9.17) is 0 Å². The summed E-state index contributed by atoms with van der Waals surface area (Å²) in [6.45, 7) is 9.87. The van der Waals surface area contributed by atoms with Crippen LogP contribution in [-0.2, 0) is 12.8 Å². The number of benzene rings is 2. The van der Waals surface area contributed by atoms with Crippen LogP contribution in [0.3, 0.4) is 0 Å². The van der Waals surface area contributed by atoms with Gasteiger partial charge in [-0.3, -0.25) is 9.80 Å². The molecule has 2 amide bonds. The number of urea groups is 1. The van der Waals surface area contributed by atoms with Crippen molar-refractivity contribution < 1.29 is 4.79 Å². The Kier molecular flexibility index (Phi) is 6.31. The maximum atomic E-state index is 13.9. The Hall–Kier alpha value is -3.81. The standard InChI is InChI=1S/C36H42N6O/c1-5-42(22(3)19-41-18-21(2)12-28-26-8-6-10-31-35(26)24(17-38-31)14-33(28)41)36(43)39-25-15-29-27-9-7-11-30-34(27)23(16-37-30)13-32(29)40(4)20-25/h6-12,15-17,22,25,28,32-33,37-38H,5,13-14,18-20H2,1-4H3,(H,39,43)/t22?,25-,28-,32-,33-/m1/s1. The SMILES string of the molecule is CCN(C(=O)N[C@@H]1C=C2c3cccc4[nH]cc(c34)C[C@H]2N(C)C1)C(C)CN1CC(C)=C[C@@H]2c3cccc4[nH]cc(c34)C[C@H]21. The molecule has 0 spiro atoms. The lowest BCUT2D eigenvalue weighted by molar-refractivity contribution is 0.121. The summed E-state index contributed by atoms with van der Waals surface area (Å²) in [6.07, 6.45) is 11.2. The Morgan fingerprint density at radius 2 is 1.79 bits per heavy atom. The normalized spacial score (nSPS) is 25.6. The van der Waals surface area contributed by atoms with Gasteiger partial charge in [0, 0.05) is 84.4 Å². The third kappa shape index (κ3) is 4.27. The minimum atomic E-state index is -0.0314. The van der Waals surface area contributed by atoms with Crippen LogP contribution in [0, 0.1) is 0 Å². The molecule has 0 fully saturated rings. The second-order valence-corrected chi connectivity index (χ2v) is 13.3. The molecule has 43 heavy (non-hydrogen) atoms. The van der Waals surface area contributed by atoms with Crippen molar-refractivity contribution in [2.75, 3.05) is 33.2 Å². The second kappa shape index (κ2) is 10.1. The van der Waals surface area contributed by atoms with Crippen molar-refractivity contribution in [3.63, 3.8) is 0 Å². The second-order valence-electron chi connectivity index (χ2n) is 13.3. The zero-order chi connectivity index (χ0) is 29.4. The molecule has 4 aliphatic rings. The molecule has 1 unspecified atom stereocenters. The van der Waals surface area contributed by atoms with Gasteiger partial charge in [-0.25, -0.2) is 4.79 Å². The maximum Gasteiger partial charge on any atom is 0.318 e. The van der Waals surface area contributed by atoms with Crippen LogP contribution in [0.15, 0.2) is 66.5 Å². The Bertz CT molecular complexity index is 1790. The number of fused-ring (bicyclic) bond motifs is 4. The summed E-state index contributed by atoms with van der Waals surface area (Å²) in [5, 5.41) is 6.16. The predicted molar refractivity (Wildman–Crippen MR) is 174 cm³/mol. The molecule has 2 aromatic carbocycles.